The highest BCUT2D eigenvalue weighted by molar-refractivity contribution is 6.31. The summed E-state index contributed by atoms with van der Waals surface area (Å²) in [6.45, 7) is 5.31. The number of carbonyl (C=O) groups is 2. The molecule has 4 nitrogen and oxygen atoms in total. The van der Waals surface area contributed by atoms with Crippen LogP contribution in [0.15, 0.2) is 18.2 Å². The fourth-order valence-corrected chi connectivity index (χ4v) is 2.82. The second-order valence-electron chi connectivity index (χ2n) is 5.27. The molecular formula is C16H20ClNO3. The predicted molar refractivity (Wildman–Crippen MR) is 83.0 cm³/mol. The number of Topliss-reactive ketones (excluding diaryl/α,β-unsaturated/α-hetero) is 1. The van der Waals surface area contributed by atoms with Crippen molar-refractivity contribution < 1.29 is 14.3 Å². The number of carbonyl (C=O) groups excluding carboxylic acids is 2. The number of anilines is 1. The van der Waals surface area contributed by atoms with Gasteiger partial charge in [-0.05, 0) is 44.9 Å². The van der Waals surface area contributed by atoms with Crippen LogP contribution >= 0.6 is 11.6 Å². The van der Waals surface area contributed by atoms with Crippen molar-refractivity contribution in [1.82, 2.24) is 0 Å². The van der Waals surface area contributed by atoms with Gasteiger partial charge in [0.05, 0.1) is 12.5 Å². The molecular weight excluding hydrogens is 290 g/mol. The Bertz CT molecular complexity index is 536. The first kappa shape index (κ1) is 15.8. The highest BCUT2D eigenvalue weighted by Crippen LogP contribution is 2.27. The van der Waals surface area contributed by atoms with Crippen molar-refractivity contribution >= 4 is 29.0 Å². The summed E-state index contributed by atoms with van der Waals surface area (Å²) >= 11 is 6.08. The van der Waals surface area contributed by atoms with Crippen LogP contribution in [0.3, 0.4) is 0 Å². The maximum atomic E-state index is 11.7. The Kier molecular flexibility index (Phi) is 5.23. The Morgan fingerprint density at radius 3 is 2.52 bits per heavy atom. The van der Waals surface area contributed by atoms with Crippen molar-refractivity contribution in [3.63, 3.8) is 0 Å². The number of ketones is 1. The van der Waals surface area contributed by atoms with E-state index < -0.39 is 0 Å². The molecule has 1 fully saturated rings. The van der Waals surface area contributed by atoms with Crippen LogP contribution < -0.4 is 4.90 Å². The van der Waals surface area contributed by atoms with E-state index in [1.165, 1.54) is 6.92 Å². The summed E-state index contributed by atoms with van der Waals surface area (Å²) in [4.78, 5) is 25.4. The van der Waals surface area contributed by atoms with Gasteiger partial charge in [0.15, 0.2) is 5.78 Å². The Morgan fingerprint density at radius 2 is 1.95 bits per heavy atom. The molecule has 21 heavy (non-hydrogen) atoms. The number of halogens is 1. The molecule has 1 aromatic carbocycles. The Morgan fingerprint density at radius 1 is 1.29 bits per heavy atom. The summed E-state index contributed by atoms with van der Waals surface area (Å²) in [6, 6.07) is 5.40. The molecule has 1 aliphatic heterocycles. The molecule has 0 saturated carbocycles. The average molecular weight is 310 g/mol. The Labute approximate surface area is 130 Å². The van der Waals surface area contributed by atoms with Crippen LogP contribution in [0.2, 0.25) is 5.02 Å². The molecule has 1 saturated heterocycles. The Balaban J connectivity index is 2.05. The molecule has 5 heteroatoms. The van der Waals surface area contributed by atoms with Crippen molar-refractivity contribution in [1.29, 1.82) is 0 Å². The van der Waals surface area contributed by atoms with Crippen molar-refractivity contribution in [2.75, 3.05) is 24.6 Å². The van der Waals surface area contributed by atoms with Crippen molar-refractivity contribution in [2.45, 2.75) is 26.7 Å². The summed E-state index contributed by atoms with van der Waals surface area (Å²) in [5.74, 6) is -0.125. The van der Waals surface area contributed by atoms with Crippen LogP contribution in [0.25, 0.3) is 0 Å². The van der Waals surface area contributed by atoms with Gasteiger partial charge in [0.25, 0.3) is 0 Å². The fourth-order valence-electron chi connectivity index (χ4n) is 2.59. The van der Waals surface area contributed by atoms with Crippen LogP contribution in [0.1, 0.15) is 37.0 Å². The molecule has 0 aliphatic carbocycles. The highest BCUT2D eigenvalue weighted by Gasteiger charge is 2.26. The van der Waals surface area contributed by atoms with Gasteiger partial charge >= 0.3 is 5.97 Å². The van der Waals surface area contributed by atoms with Gasteiger partial charge in [-0.25, -0.2) is 0 Å². The third kappa shape index (κ3) is 3.97. The van der Waals surface area contributed by atoms with E-state index in [0.29, 0.717) is 17.2 Å². The number of hydrogen-bond acceptors (Lipinski definition) is 4. The molecule has 0 N–H and O–H groups in total. The summed E-state index contributed by atoms with van der Waals surface area (Å²) in [5.41, 5.74) is 1.56. The molecule has 0 bridgehead atoms. The van der Waals surface area contributed by atoms with E-state index in [2.05, 4.69) is 4.90 Å². The molecule has 1 aliphatic rings. The Hall–Kier alpha value is -1.55. The van der Waals surface area contributed by atoms with Crippen molar-refractivity contribution in [2.24, 2.45) is 5.92 Å². The maximum Gasteiger partial charge on any atom is 0.309 e. The first-order chi connectivity index (χ1) is 10.0. The van der Waals surface area contributed by atoms with Gasteiger partial charge in [0, 0.05) is 29.4 Å². The van der Waals surface area contributed by atoms with Crippen molar-refractivity contribution in [3.8, 4) is 0 Å². The lowest BCUT2D eigenvalue weighted by Gasteiger charge is -2.32. The molecule has 1 aromatic rings. The molecule has 0 spiro atoms. The molecule has 2 rings (SSSR count). The zero-order valence-corrected chi connectivity index (χ0v) is 13.2. The monoisotopic (exact) mass is 309 g/mol. The molecule has 0 unspecified atom stereocenters. The molecule has 0 amide bonds. The van der Waals surface area contributed by atoms with Gasteiger partial charge in [-0.2, -0.15) is 0 Å². The molecule has 1 heterocycles. The zero-order chi connectivity index (χ0) is 15.4. The minimum absolute atomic E-state index is 0.000148. The van der Waals surface area contributed by atoms with E-state index in [-0.39, 0.29) is 17.7 Å². The number of rotatable bonds is 4. The lowest BCUT2D eigenvalue weighted by molar-refractivity contribution is -0.148. The summed E-state index contributed by atoms with van der Waals surface area (Å²) < 4.78 is 5.07. The summed E-state index contributed by atoms with van der Waals surface area (Å²) in [6.07, 6.45) is 1.53. The first-order valence-electron chi connectivity index (χ1n) is 7.24. The maximum absolute atomic E-state index is 11.7. The fraction of sp³-hybridized carbons (Fsp3) is 0.500. The first-order valence-corrected chi connectivity index (χ1v) is 7.62. The zero-order valence-electron chi connectivity index (χ0n) is 12.4. The van der Waals surface area contributed by atoms with Gasteiger partial charge in [-0.3, -0.25) is 9.59 Å². The van der Waals surface area contributed by atoms with Crippen LogP contribution in [0.5, 0.6) is 0 Å². The normalized spacial score (nSPS) is 15.9. The van der Waals surface area contributed by atoms with E-state index in [9.17, 15) is 9.59 Å². The van der Waals surface area contributed by atoms with E-state index >= 15 is 0 Å². The summed E-state index contributed by atoms with van der Waals surface area (Å²) in [7, 11) is 0. The quantitative estimate of drug-likeness (QED) is 0.632. The number of esters is 1. The third-order valence-corrected chi connectivity index (χ3v) is 3.99. The topological polar surface area (TPSA) is 46.6 Å². The largest absolute Gasteiger partial charge is 0.466 e. The van der Waals surface area contributed by atoms with Crippen LogP contribution in [-0.2, 0) is 9.53 Å². The minimum atomic E-state index is -0.104. The smallest absolute Gasteiger partial charge is 0.309 e. The van der Waals surface area contributed by atoms with Crippen LogP contribution in [0, 0.1) is 5.92 Å². The second-order valence-corrected chi connectivity index (χ2v) is 5.70. The minimum Gasteiger partial charge on any atom is -0.466 e. The number of benzene rings is 1. The highest BCUT2D eigenvalue weighted by atomic mass is 35.5. The number of ether oxygens (including phenoxy) is 1. The van der Waals surface area contributed by atoms with Crippen molar-refractivity contribution in [3.05, 3.63) is 28.8 Å². The molecule has 0 atom stereocenters. The molecule has 114 valence electrons. The van der Waals surface area contributed by atoms with Gasteiger partial charge in [0.2, 0.25) is 0 Å². The third-order valence-electron chi connectivity index (χ3n) is 3.77. The molecule has 0 radical (unpaired) electrons. The van der Waals surface area contributed by atoms with E-state index in [1.54, 1.807) is 6.07 Å². The predicted octanol–water partition coefficient (Wildman–Crippen LogP) is 3.32. The number of hydrogen-bond donors (Lipinski definition) is 0. The van der Waals surface area contributed by atoms with Gasteiger partial charge in [0.1, 0.15) is 0 Å². The lowest BCUT2D eigenvalue weighted by atomic mass is 9.96. The van der Waals surface area contributed by atoms with Gasteiger partial charge in [-0.1, -0.05) is 11.6 Å². The average Bonchev–Trinajstić information content (AvgIpc) is 2.47. The van der Waals surface area contributed by atoms with Crippen LogP contribution in [0.4, 0.5) is 5.69 Å². The number of nitrogens with zero attached hydrogens (tertiary/aromatic N) is 1. The van der Waals surface area contributed by atoms with Gasteiger partial charge in [-0.15, -0.1) is 0 Å². The lowest BCUT2D eigenvalue weighted by Crippen LogP contribution is -2.37. The standard InChI is InChI=1S/C16H20ClNO3/c1-3-21-16(20)12-4-6-18(7-5-12)15-9-13(11(2)19)8-14(17)10-15/h8-10,12H,3-7H2,1-2H3. The van der Waals surface area contributed by atoms with E-state index in [4.69, 9.17) is 16.3 Å². The number of piperidine rings is 1. The summed E-state index contributed by atoms with van der Waals surface area (Å²) in [5, 5.41) is 0.560. The van der Waals surface area contributed by atoms with E-state index in [0.717, 1.165) is 31.6 Å². The second kappa shape index (κ2) is 6.94. The van der Waals surface area contributed by atoms with Gasteiger partial charge < -0.3 is 9.64 Å². The van der Waals surface area contributed by atoms with E-state index in [1.807, 2.05) is 19.1 Å². The SMILES string of the molecule is CCOC(=O)C1CCN(c2cc(Cl)cc(C(C)=O)c2)CC1. The molecule has 0 aromatic heterocycles. The van der Waals surface area contributed by atoms with Crippen LogP contribution in [-0.4, -0.2) is 31.4 Å².